The van der Waals surface area contributed by atoms with E-state index >= 15 is 0 Å². The molecule has 0 unspecified atom stereocenters. The summed E-state index contributed by atoms with van der Waals surface area (Å²) in [4.78, 5) is 9.05. The molecule has 1 aliphatic rings. The molecule has 9 heteroatoms. The average molecular weight is 509 g/mol. The van der Waals surface area contributed by atoms with Gasteiger partial charge in [0.15, 0.2) is 5.65 Å². The third-order valence-corrected chi connectivity index (χ3v) is 7.19. The molecule has 0 bridgehead atoms. The first kappa shape index (κ1) is 20.0. The second-order valence-corrected chi connectivity index (χ2v) is 9.47. The Kier molecular flexibility index (Phi) is 5.14. The molecule has 146 valence electrons. The third kappa shape index (κ3) is 3.32. The van der Waals surface area contributed by atoms with E-state index in [0.29, 0.717) is 5.88 Å². The zero-order valence-electron chi connectivity index (χ0n) is 16.4. The topological polar surface area (TPSA) is 58.4 Å². The summed E-state index contributed by atoms with van der Waals surface area (Å²) in [5.41, 5.74) is 3.08. The minimum Gasteiger partial charge on any atom is -0.481 e. The molecule has 1 fully saturated rings. The molecular weight excluding hydrogens is 488 g/mol. The van der Waals surface area contributed by atoms with E-state index in [1.807, 2.05) is 28.5 Å². The number of hydrogen-bond acceptors (Lipinski definition) is 6. The highest BCUT2D eigenvalue weighted by Crippen LogP contribution is 2.37. The fourth-order valence-electron chi connectivity index (χ4n) is 3.15. The van der Waals surface area contributed by atoms with Crippen LogP contribution in [0.3, 0.4) is 0 Å². The van der Waals surface area contributed by atoms with Gasteiger partial charge in [-0.3, -0.25) is 3.97 Å². The van der Waals surface area contributed by atoms with Crippen LogP contribution < -0.4 is 10.2 Å². The van der Waals surface area contributed by atoms with Crippen LogP contribution >= 0.6 is 30.3 Å². The summed E-state index contributed by atoms with van der Waals surface area (Å²) in [7, 11) is 2.74. The molecule has 0 amide bonds. The van der Waals surface area contributed by atoms with E-state index in [1.54, 1.807) is 16.2 Å². The van der Waals surface area contributed by atoms with Crippen LogP contribution in [0.25, 0.3) is 22.2 Å². The lowest BCUT2D eigenvalue weighted by atomic mass is 9.79. The maximum Gasteiger partial charge on any atom is 0.496 e. The van der Waals surface area contributed by atoms with Gasteiger partial charge < -0.3 is 14.0 Å². The maximum absolute atomic E-state index is 6.20. The number of nitrogens with zero attached hydrogens (tertiary/aromatic N) is 3. The van der Waals surface area contributed by atoms with Gasteiger partial charge in [-0.05, 0) is 39.8 Å². The number of rotatable bonds is 4. The van der Waals surface area contributed by atoms with Gasteiger partial charge in [-0.2, -0.15) is 0 Å². The molecular formula is C19H21BIN3O3S. The lowest BCUT2D eigenvalue weighted by Crippen LogP contribution is -2.41. The molecule has 4 heterocycles. The Morgan fingerprint density at radius 3 is 2.39 bits per heavy atom. The van der Waals surface area contributed by atoms with Crippen molar-refractivity contribution in [3.8, 4) is 17.0 Å². The Morgan fingerprint density at radius 1 is 1.11 bits per heavy atom. The zero-order valence-corrected chi connectivity index (χ0v) is 19.4. The minimum atomic E-state index is -0.445. The van der Waals surface area contributed by atoms with Gasteiger partial charge in [-0.25, -0.2) is 9.97 Å². The number of hydrogen-bond donors (Lipinski definition) is 0. The van der Waals surface area contributed by atoms with Crippen molar-refractivity contribution in [1.29, 1.82) is 0 Å². The van der Waals surface area contributed by atoms with Crippen molar-refractivity contribution in [1.82, 2.24) is 13.9 Å². The lowest BCUT2D eigenvalue weighted by molar-refractivity contribution is 0.00578. The normalized spacial score (nSPS) is 18.0. The summed E-state index contributed by atoms with van der Waals surface area (Å²) in [6.45, 7) is 8.21. The van der Waals surface area contributed by atoms with E-state index in [2.05, 4.69) is 66.1 Å². The summed E-state index contributed by atoms with van der Waals surface area (Å²) in [5, 5.41) is 1.03. The summed E-state index contributed by atoms with van der Waals surface area (Å²) >= 11 is 2.26. The van der Waals surface area contributed by atoms with Gasteiger partial charge in [0.25, 0.3) is 0 Å². The van der Waals surface area contributed by atoms with Crippen molar-refractivity contribution in [3.05, 3.63) is 36.8 Å². The van der Waals surface area contributed by atoms with Crippen LogP contribution in [0, 0.1) is 0 Å². The first-order valence-corrected chi connectivity index (χ1v) is 12.2. The summed E-state index contributed by atoms with van der Waals surface area (Å²) in [6, 6.07) is 5.97. The molecule has 0 aliphatic carbocycles. The molecule has 28 heavy (non-hydrogen) atoms. The van der Waals surface area contributed by atoms with Crippen molar-refractivity contribution in [2.75, 3.05) is 7.11 Å². The van der Waals surface area contributed by atoms with Gasteiger partial charge in [-0.15, -0.1) is 0 Å². The number of aromatic nitrogens is 3. The quantitative estimate of drug-likeness (QED) is 0.388. The van der Waals surface area contributed by atoms with Gasteiger partial charge in [0.05, 0.1) is 18.3 Å². The van der Waals surface area contributed by atoms with Crippen LogP contribution in [0.5, 0.6) is 5.88 Å². The summed E-state index contributed by atoms with van der Waals surface area (Å²) < 4.78 is 19.6. The average Bonchev–Trinajstić information content (AvgIpc) is 3.15. The van der Waals surface area contributed by atoms with Crippen LogP contribution in [-0.2, 0) is 9.31 Å². The molecule has 0 N–H and O–H groups in total. The highest BCUT2D eigenvalue weighted by molar-refractivity contribution is 14.2. The number of halogens is 1. The largest absolute Gasteiger partial charge is 0.496 e. The number of methoxy groups -OCH3 is 1. The molecule has 3 aromatic heterocycles. The van der Waals surface area contributed by atoms with E-state index in [4.69, 9.17) is 19.0 Å². The number of fused-ring (bicyclic) bond motifs is 1. The summed E-state index contributed by atoms with van der Waals surface area (Å²) in [5.74, 6) is 0.590. The molecule has 4 rings (SSSR count). The minimum absolute atomic E-state index is 0.390. The molecule has 0 aromatic carbocycles. The Balaban J connectivity index is 1.80. The fraction of sp³-hybridized carbons (Fsp3) is 0.368. The second-order valence-electron chi connectivity index (χ2n) is 7.75. The standard InChI is InChI=1S/C19H21BIN3O3S/c1-18(2)19(3,4)27-20(26-18)13-8-14-15(11-24(28-21)17(14)23-10-13)12-6-7-16(25-5)22-9-12/h6-11H,1-5H3. The Bertz CT molecular complexity index is 1010. The van der Waals surface area contributed by atoms with Crippen LogP contribution in [0.1, 0.15) is 27.7 Å². The third-order valence-electron chi connectivity index (χ3n) is 5.49. The van der Waals surface area contributed by atoms with Crippen LogP contribution in [0.2, 0.25) is 0 Å². The van der Waals surface area contributed by atoms with Crippen LogP contribution in [0.4, 0.5) is 0 Å². The van der Waals surface area contributed by atoms with Crippen molar-refractivity contribution in [2.24, 2.45) is 0 Å². The fourth-order valence-corrected chi connectivity index (χ4v) is 4.40. The Hall–Kier alpha value is -1.30. The highest BCUT2D eigenvalue weighted by atomic mass is 127. The maximum atomic E-state index is 6.20. The van der Waals surface area contributed by atoms with Crippen molar-refractivity contribution >= 4 is 53.9 Å². The van der Waals surface area contributed by atoms with Crippen molar-refractivity contribution in [3.63, 3.8) is 0 Å². The molecule has 1 aliphatic heterocycles. The van der Waals surface area contributed by atoms with E-state index < -0.39 is 7.12 Å². The predicted octanol–water partition coefficient (Wildman–Crippen LogP) is 4.25. The molecule has 1 saturated heterocycles. The SMILES string of the molecule is COc1ccc(-c2cn(SI)c3ncc(B4OC(C)(C)C(C)(C)O4)cc23)cn1. The van der Waals surface area contributed by atoms with E-state index in [9.17, 15) is 0 Å². The van der Waals surface area contributed by atoms with Gasteiger partial charge in [0.1, 0.15) is 0 Å². The molecule has 0 spiro atoms. The lowest BCUT2D eigenvalue weighted by Gasteiger charge is -2.32. The molecule has 0 atom stereocenters. The first-order chi connectivity index (χ1) is 13.3. The van der Waals surface area contributed by atoms with Crippen molar-refractivity contribution in [2.45, 2.75) is 38.9 Å². The highest BCUT2D eigenvalue weighted by Gasteiger charge is 2.51. The van der Waals surface area contributed by atoms with Crippen molar-refractivity contribution < 1.29 is 14.0 Å². The molecule has 3 aromatic rings. The number of pyridine rings is 2. The smallest absolute Gasteiger partial charge is 0.481 e. The van der Waals surface area contributed by atoms with Crippen LogP contribution in [-0.4, -0.2) is 39.4 Å². The van der Waals surface area contributed by atoms with Crippen LogP contribution in [0.15, 0.2) is 36.8 Å². The second kappa shape index (κ2) is 7.19. The predicted molar refractivity (Wildman–Crippen MR) is 122 cm³/mol. The number of ether oxygens (including phenoxy) is 1. The van der Waals surface area contributed by atoms with E-state index in [-0.39, 0.29) is 11.2 Å². The van der Waals surface area contributed by atoms with Gasteiger partial charge in [0.2, 0.25) is 5.88 Å². The zero-order chi connectivity index (χ0) is 20.1. The van der Waals surface area contributed by atoms with E-state index in [0.717, 1.165) is 27.6 Å². The van der Waals surface area contributed by atoms with E-state index in [1.165, 1.54) is 0 Å². The monoisotopic (exact) mass is 509 g/mol. The molecule has 0 radical (unpaired) electrons. The Labute approximate surface area is 181 Å². The molecule has 0 saturated carbocycles. The van der Waals surface area contributed by atoms with Gasteiger partial charge >= 0.3 is 7.12 Å². The van der Waals surface area contributed by atoms with Gasteiger partial charge in [-0.1, -0.05) is 0 Å². The van der Waals surface area contributed by atoms with Gasteiger partial charge in [0, 0.05) is 77.0 Å². The Morgan fingerprint density at radius 2 is 1.82 bits per heavy atom. The first-order valence-electron chi connectivity index (χ1n) is 8.92. The molecule has 6 nitrogen and oxygen atoms in total. The summed E-state index contributed by atoms with van der Waals surface area (Å²) in [6.07, 6.45) is 5.73.